The van der Waals surface area contributed by atoms with Gasteiger partial charge in [0.05, 0.1) is 5.57 Å². The molecule has 0 spiro atoms. The number of nitrogens with zero attached hydrogens (tertiary/aromatic N) is 1. The number of esters is 1. The number of allylic oxidation sites excluding steroid dienone is 1. The van der Waals surface area contributed by atoms with Gasteiger partial charge >= 0.3 is 5.97 Å². The summed E-state index contributed by atoms with van der Waals surface area (Å²) in [6.07, 6.45) is 1.32. The fraction of sp³-hybridized carbons (Fsp3) is 0.350. The highest BCUT2D eigenvalue weighted by molar-refractivity contribution is 6.20. The highest BCUT2D eigenvalue weighted by atomic mass is 16.5. The normalized spacial score (nSPS) is 14.3. The predicted molar refractivity (Wildman–Crippen MR) is 105 cm³/mol. The van der Waals surface area contributed by atoms with E-state index in [9.17, 15) is 24.3 Å². The first kappa shape index (κ1) is 21.8. The molecule has 0 bridgehead atoms. The van der Waals surface area contributed by atoms with Crippen molar-refractivity contribution in [3.05, 3.63) is 41.2 Å². The van der Waals surface area contributed by atoms with E-state index in [1.165, 1.54) is 13.8 Å². The number of carbonyl (C=O) groups is 4. The third kappa shape index (κ3) is 5.74. The topological polar surface area (TPSA) is 137 Å². The Hall–Kier alpha value is -3.49. The van der Waals surface area contributed by atoms with Gasteiger partial charge < -0.3 is 25.5 Å². The standard InChI is InChI=1S/C20H23N3O6/c1-12(21)19(13(2)24)16(25)11-29-18(27)10-22-20(28)14-5-7-15(8-6-14)23-9-3-4-17(23)26/h5-8,21,25H,3-4,9-11H2,1-2H3,(H,22,28)/b19-16+,21-12?. The SMILES string of the molecule is CC(=N)/C(C(C)=O)=C(\O)COC(=O)CNC(=O)c1ccc(N2CCCC2=O)cc1. The van der Waals surface area contributed by atoms with E-state index in [1.54, 1.807) is 29.2 Å². The number of rotatable bonds is 8. The summed E-state index contributed by atoms with van der Waals surface area (Å²) in [7, 11) is 0. The molecule has 0 saturated carbocycles. The second-order valence-corrected chi connectivity index (χ2v) is 6.54. The van der Waals surface area contributed by atoms with Gasteiger partial charge in [0.25, 0.3) is 5.91 Å². The Kier molecular flexibility index (Phi) is 7.24. The molecule has 1 aliphatic rings. The van der Waals surface area contributed by atoms with Crippen LogP contribution in [-0.2, 0) is 19.1 Å². The zero-order valence-electron chi connectivity index (χ0n) is 16.3. The summed E-state index contributed by atoms with van der Waals surface area (Å²) in [5.74, 6) is -2.29. The molecule has 1 fully saturated rings. The maximum Gasteiger partial charge on any atom is 0.325 e. The van der Waals surface area contributed by atoms with Crippen LogP contribution in [0.15, 0.2) is 35.6 Å². The number of hydrogen-bond acceptors (Lipinski definition) is 7. The first-order valence-electron chi connectivity index (χ1n) is 9.03. The number of anilines is 1. The molecule has 9 heteroatoms. The van der Waals surface area contributed by atoms with Crippen molar-refractivity contribution in [3.8, 4) is 0 Å². The first-order chi connectivity index (χ1) is 13.7. The fourth-order valence-corrected chi connectivity index (χ4v) is 2.92. The molecule has 0 atom stereocenters. The zero-order chi connectivity index (χ0) is 21.6. The van der Waals surface area contributed by atoms with Crippen molar-refractivity contribution in [2.24, 2.45) is 0 Å². The molecule has 0 aliphatic carbocycles. The zero-order valence-corrected chi connectivity index (χ0v) is 16.3. The molecule has 1 heterocycles. The highest BCUT2D eigenvalue weighted by Crippen LogP contribution is 2.21. The van der Waals surface area contributed by atoms with E-state index in [2.05, 4.69) is 5.32 Å². The Morgan fingerprint density at radius 2 is 1.86 bits per heavy atom. The average Bonchev–Trinajstić information content (AvgIpc) is 3.10. The molecule has 3 N–H and O–H groups in total. The minimum atomic E-state index is -0.810. The van der Waals surface area contributed by atoms with Crippen molar-refractivity contribution in [1.29, 1.82) is 5.41 Å². The van der Waals surface area contributed by atoms with Crippen molar-refractivity contribution in [1.82, 2.24) is 5.32 Å². The molecule has 1 aromatic rings. The number of Topliss-reactive ketones (excluding diaryl/α,β-unsaturated/α-hetero) is 1. The summed E-state index contributed by atoms with van der Waals surface area (Å²) in [6, 6.07) is 6.45. The third-order valence-electron chi connectivity index (χ3n) is 4.29. The number of nitrogens with one attached hydrogen (secondary N) is 2. The number of benzene rings is 1. The van der Waals surface area contributed by atoms with Gasteiger partial charge in [-0.05, 0) is 44.5 Å². The van der Waals surface area contributed by atoms with E-state index in [4.69, 9.17) is 10.1 Å². The van der Waals surface area contributed by atoms with Crippen molar-refractivity contribution < 1.29 is 29.0 Å². The number of aliphatic hydroxyl groups is 1. The Morgan fingerprint density at radius 3 is 2.38 bits per heavy atom. The van der Waals surface area contributed by atoms with E-state index < -0.39 is 36.6 Å². The lowest BCUT2D eigenvalue weighted by molar-refractivity contribution is -0.142. The lowest BCUT2D eigenvalue weighted by atomic mass is 10.1. The van der Waals surface area contributed by atoms with E-state index in [0.29, 0.717) is 24.2 Å². The fourth-order valence-electron chi connectivity index (χ4n) is 2.92. The summed E-state index contributed by atoms with van der Waals surface area (Å²) in [5, 5.41) is 19.7. The van der Waals surface area contributed by atoms with Crippen LogP contribution in [0.5, 0.6) is 0 Å². The van der Waals surface area contributed by atoms with Crippen LogP contribution in [0, 0.1) is 5.41 Å². The number of amides is 2. The lowest BCUT2D eigenvalue weighted by Gasteiger charge is -2.15. The second kappa shape index (κ2) is 9.63. The van der Waals surface area contributed by atoms with Gasteiger partial charge in [-0.15, -0.1) is 0 Å². The number of hydrogen-bond donors (Lipinski definition) is 3. The van der Waals surface area contributed by atoms with E-state index in [1.807, 2.05) is 0 Å². The number of aliphatic hydroxyl groups excluding tert-OH is 1. The van der Waals surface area contributed by atoms with Gasteiger partial charge in [0.15, 0.2) is 5.78 Å². The van der Waals surface area contributed by atoms with Crippen LogP contribution < -0.4 is 10.2 Å². The first-order valence-corrected chi connectivity index (χ1v) is 9.03. The Bertz CT molecular complexity index is 857. The van der Waals surface area contributed by atoms with Gasteiger partial charge in [-0.25, -0.2) is 0 Å². The van der Waals surface area contributed by atoms with Crippen LogP contribution in [0.1, 0.15) is 37.0 Å². The molecule has 9 nitrogen and oxygen atoms in total. The molecule has 29 heavy (non-hydrogen) atoms. The Morgan fingerprint density at radius 1 is 1.21 bits per heavy atom. The number of carbonyl (C=O) groups excluding carboxylic acids is 4. The minimum Gasteiger partial charge on any atom is -0.508 e. The van der Waals surface area contributed by atoms with Crippen LogP contribution in [0.3, 0.4) is 0 Å². The Labute approximate surface area is 167 Å². The van der Waals surface area contributed by atoms with E-state index in [0.717, 1.165) is 6.42 Å². The largest absolute Gasteiger partial charge is 0.508 e. The van der Waals surface area contributed by atoms with Crippen LogP contribution in [0.2, 0.25) is 0 Å². The van der Waals surface area contributed by atoms with Crippen LogP contribution in [-0.4, -0.2) is 54.1 Å². The molecule has 1 aromatic carbocycles. The molecule has 2 rings (SSSR count). The molecule has 1 saturated heterocycles. The van der Waals surface area contributed by atoms with Crippen LogP contribution in [0.4, 0.5) is 5.69 Å². The van der Waals surface area contributed by atoms with E-state index >= 15 is 0 Å². The molecule has 0 unspecified atom stereocenters. The predicted octanol–water partition coefficient (Wildman–Crippen LogP) is 1.53. The van der Waals surface area contributed by atoms with Crippen molar-refractivity contribution in [3.63, 3.8) is 0 Å². The summed E-state index contributed by atoms with van der Waals surface area (Å²) in [4.78, 5) is 48.7. The second-order valence-electron chi connectivity index (χ2n) is 6.54. The summed E-state index contributed by atoms with van der Waals surface area (Å²) < 4.78 is 4.82. The maximum atomic E-state index is 12.1. The van der Waals surface area contributed by atoms with Gasteiger partial charge in [0.1, 0.15) is 18.9 Å². The quantitative estimate of drug-likeness (QED) is 0.261. The number of ether oxygens (including phenoxy) is 1. The van der Waals surface area contributed by atoms with Gasteiger partial charge in [0, 0.05) is 29.9 Å². The summed E-state index contributed by atoms with van der Waals surface area (Å²) in [6.45, 7) is 2.17. The minimum absolute atomic E-state index is 0.0494. The maximum absolute atomic E-state index is 12.1. The van der Waals surface area contributed by atoms with Gasteiger partial charge in [-0.3, -0.25) is 19.2 Å². The third-order valence-corrected chi connectivity index (χ3v) is 4.29. The Balaban J connectivity index is 1.86. The molecule has 2 amide bonds. The average molecular weight is 401 g/mol. The lowest BCUT2D eigenvalue weighted by Crippen LogP contribution is -2.31. The smallest absolute Gasteiger partial charge is 0.325 e. The monoisotopic (exact) mass is 401 g/mol. The highest BCUT2D eigenvalue weighted by Gasteiger charge is 2.22. The molecule has 154 valence electrons. The van der Waals surface area contributed by atoms with Crippen LogP contribution in [0.25, 0.3) is 0 Å². The van der Waals surface area contributed by atoms with Gasteiger partial charge in [0.2, 0.25) is 5.91 Å². The molecular formula is C20H23N3O6. The van der Waals surface area contributed by atoms with E-state index in [-0.39, 0.29) is 17.2 Å². The van der Waals surface area contributed by atoms with Crippen molar-refractivity contribution in [2.45, 2.75) is 26.7 Å². The molecule has 0 radical (unpaired) electrons. The molecular weight excluding hydrogens is 378 g/mol. The van der Waals surface area contributed by atoms with Gasteiger partial charge in [-0.2, -0.15) is 0 Å². The summed E-state index contributed by atoms with van der Waals surface area (Å²) in [5.41, 5.74) is 0.680. The van der Waals surface area contributed by atoms with Crippen molar-refractivity contribution >= 4 is 35.0 Å². The van der Waals surface area contributed by atoms with Crippen molar-refractivity contribution in [2.75, 3.05) is 24.6 Å². The van der Waals surface area contributed by atoms with Crippen LogP contribution >= 0.6 is 0 Å². The summed E-state index contributed by atoms with van der Waals surface area (Å²) >= 11 is 0. The molecule has 0 aromatic heterocycles. The molecule has 1 aliphatic heterocycles. The van der Waals surface area contributed by atoms with Gasteiger partial charge in [-0.1, -0.05) is 0 Å². The number of ketones is 1.